The zero-order valence-corrected chi connectivity index (χ0v) is 9.33. The fourth-order valence-corrected chi connectivity index (χ4v) is 2.87. The van der Waals surface area contributed by atoms with E-state index in [9.17, 15) is 5.11 Å². The van der Waals surface area contributed by atoms with Crippen LogP contribution >= 0.6 is 0 Å². The Labute approximate surface area is 86.6 Å². The van der Waals surface area contributed by atoms with Crippen LogP contribution in [0.15, 0.2) is 0 Å². The lowest BCUT2D eigenvalue weighted by Crippen LogP contribution is -2.24. The van der Waals surface area contributed by atoms with Crippen molar-refractivity contribution in [1.29, 1.82) is 0 Å². The molecule has 1 heterocycles. The Balaban J connectivity index is 1.81. The maximum absolute atomic E-state index is 9.72. The van der Waals surface area contributed by atoms with Gasteiger partial charge in [0.2, 0.25) is 0 Å². The van der Waals surface area contributed by atoms with Crippen LogP contribution < -0.4 is 0 Å². The molecule has 0 aromatic carbocycles. The van der Waals surface area contributed by atoms with Gasteiger partial charge in [0.25, 0.3) is 0 Å². The fourth-order valence-electron chi connectivity index (χ4n) is 2.87. The quantitative estimate of drug-likeness (QED) is 0.738. The molecule has 1 aliphatic heterocycles. The first-order chi connectivity index (χ1) is 6.57. The van der Waals surface area contributed by atoms with Crippen molar-refractivity contribution in [2.45, 2.75) is 70.2 Å². The summed E-state index contributed by atoms with van der Waals surface area (Å²) in [5.74, 6) is 0.508. The highest BCUT2D eigenvalue weighted by molar-refractivity contribution is 4.85. The highest BCUT2D eigenvalue weighted by Gasteiger charge is 2.35. The molecule has 0 radical (unpaired) electrons. The third-order valence-electron chi connectivity index (χ3n) is 3.74. The summed E-state index contributed by atoms with van der Waals surface area (Å²) in [6.45, 7) is 4.33. The maximum Gasteiger partial charge on any atom is 0.0631 e. The second-order valence-electron chi connectivity index (χ2n) is 5.53. The molecule has 2 heteroatoms. The highest BCUT2D eigenvalue weighted by atomic mass is 16.5. The number of aliphatic hydroxyl groups excluding tert-OH is 1. The van der Waals surface area contributed by atoms with Crippen molar-refractivity contribution in [1.82, 2.24) is 0 Å². The average Bonchev–Trinajstić information content (AvgIpc) is 2.61. The summed E-state index contributed by atoms with van der Waals surface area (Å²) in [6, 6.07) is 0. The molecule has 2 rings (SSSR count). The van der Waals surface area contributed by atoms with Crippen LogP contribution in [0.2, 0.25) is 0 Å². The van der Waals surface area contributed by atoms with Crippen LogP contribution in [0.1, 0.15) is 52.4 Å². The standard InChI is InChI=1S/C12H22O2/c1-12(2)7-6-10(14-12)8-9-4-3-5-11(9)13/h9-11,13H,3-8H2,1-2H3. The zero-order valence-electron chi connectivity index (χ0n) is 9.33. The molecular weight excluding hydrogens is 176 g/mol. The first kappa shape index (κ1) is 10.4. The van der Waals surface area contributed by atoms with E-state index >= 15 is 0 Å². The lowest BCUT2D eigenvalue weighted by atomic mass is 9.96. The van der Waals surface area contributed by atoms with Crippen LogP contribution in [0.3, 0.4) is 0 Å². The molecular formula is C12H22O2. The first-order valence-electron chi connectivity index (χ1n) is 5.93. The van der Waals surface area contributed by atoms with Crippen LogP contribution in [-0.2, 0) is 4.74 Å². The molecule has 0 spiro atoms. The van der Waals surface area contributed by atoms with Gasteiger partial charge in [0, 0.05) is 0 Å². The SMILES string of the molecule is CC1(C)CCC(CC2CCCC2O)O1. The van der Waals surface area contributed by atoms with Crippen molar-refractivity contribution in [3.8, 4) is 0 Å². The summed E-state index contributed by atoms with van der Waals surface area (Å²) >= 11 is 0. The predicted molar refractivity (Wildman–Crippen MR) is 56.2 cm³/mol. The predicted octanol–water partition coefficient (Wildman–Crippen LogP) is 2.50. The Morgan fingerprint density at radius 3 is 2.57 bits per heavy atom. The van der Waals surface area contributed by atoms with E-state index in [4.69, 9.17) is 4.74 Å². The molecule has 2 nitrogen and oxygen atoms in total. The first-order valence-corrected chi connectivity index (χ1v) is 5.93. The van der Waals surface area contributed by atoms with E-state index in [0.29, 0.717) is 12.0 Å². The summed E-state index contributed by atoms with van der Waals surface area (Å²) in [6.07, 6.45) is 7.16. The van der Waals surface area contributed by atoms with Crippen molar-refractivity contribution < 1.29 is 9.84 Å². The summed E-state index contributed by atoms with van der Waals surface area (Å²) in [7, 11) is 0. The molecule has 2 aliphatic rings. The van der Waals surface area contributed by atoms with Gasteiger partial charge in [-0.2, -0.15) is 0 Å². The van der Waals surface area contributed by atoms with Gasteiger partial charge in [-0.15, -0.1) is 0 Å². The average molecular weight is 198 g/mol. The molecule has 14 heavy (non-hydrogen) atoms. The molecule has 0 amide bonds. The van der Waals surface area contributed by atoms with Gasteiger partial charge in [0.05, 0.1) is 17.8 Å². The Bertz CT molecular complexity index is 200. The molecule has 1 saturated carbocycles. The smallest absolute Gasteiger partial charge is 0.0631 e. The number of hydrogen-bond donors (Lipinski definition) is 1. The highest BCUT2D eigenvalue weighted by Crippen LogP contribution is 2.36. The zero-order chi connectivity index (χ0) is 10.2. The molecule has 1 aliphatic carbocycles. The third kappa shape index (κ3) is 2.29. The summed E-state index contributed by atoms with van der Waals surface area (Å²) in [4.78, 5) is 0. The number of aliphatic hydroxyl groups is 1. The summed E-state index contributed by atoms with van der Waals surface area (Å²) in [5, 5.41) is 9.72. The molecule has 1 N–H and O–H groups in total. The van der Waals surface area contributed by atoms with E-state index in [0.717, 1.165) is 12.8 Å². The summed E-state index contributed by atoms with van der Waals surface area (Å²) in [5.41, 5.74) is 0.0776. The van der Waals surface area contributed by atoms with Crippen LogP contribution in [0.5, 0.6) is 0 Å². The topological polar surface area (TPSA) is 29.5 Å². The van der Waals surface area contributed by atoms with Crippen molar-refractivity contribution in [3.63, 3.8) is 0 Å². The molecule has 0 aromatic heterocycles. The van der Waals surface area contributed by atoms with E-state index in [2.05, 4.69) is 13.8 Å². The normalized spacial score (nSPS) is 41.8. The lowest BCUT2D eigenvalue weighted by Gasteiger charge is -2.22. The number of hydrogen-bond acceptors (Lipinski definition) is 2. The van der Waals surface area contributed by atoms with Crippen molar-refractivity contribution >= 4 is 0 Å². The molecule has 1 saturated heterocycles. The monoisotopic (exact) mass is 198 g/mol. The van der Waals surface area contributed by atoms with Crippen molar-refractivity contribution in [2.24, 2.45) is 5.92 Å². The molecule has 0 aromatic rings. The molecule has 3 unspecified atom stereocenters. The maximum atomic E-state index is 9.72. The second kappa shape index (κ2) is 3.82. The number of ether oxygens (including phenoxy) is 1. The van der Waals surface area contributed by atoms with Gasteiger partial charge in [-0.25, -0.2) is 0 Å². The van der Waals surface area contributed by atoms with Gasteiger partial charge < -0.3 is 9.84 Å². The summed E-state index contributed by atoms with van der Waals surface area (Å²) < 4.78 is 5.95. The fraction of sp³-hybridized carbons (Fsp3) is 1.00. The minimum absolute atomic E-state index is 0.0534. The van der Waals surface area contributed by atoms with Crippen molar-refractivity contribution in [3.05, 3.63) is 0 Å². The van der Waals surface area contributed by atoms with Crippen LogP contribution in [-0.4, -0.2) is 22.9 Å². The Kier molecular flexibility index (Phi) is 2.85. The Morgan fingerprint density at radius 2 is 2.07 bits per heavy atom. The second-order valence-corrected chi connectivity index (χ2v) is 5.53. The van der Waals surface area contributed by atoms with Gasteiger partial charge >= 0.3 is 0 Å². The molecule has 2 fully saturated rings. The van der Waals surface area contributed by atoms with Crippen LogP contribution in [0.25, 0.3) is 0 Å². The van der Waals surface area contributed by atoms with Gasteiger partial charge in [0.1, 0.15) is 0 Å². The van der Waals surface area contributed by atoms with E-state index in [1.807, 2.05) is 0 Å². The minimum Gasteiger partial charge on any atom is -0.393 e. The van der Waals surface area contributed by atoms with Crippen LogP contribution in [0, 0.1) is 5.92 Å². The Hall–Kier alpha value is -0.0800. The van der Waals surface area contributed by atoms with Gasteiger partial charge in [0.15, 0.2) is 0 Å². The van der Waals surface area contributed by atoms with E-state index < -0.39 is 0 Å². The van der Waals surface area contributed by atoms with Crippen molar-refractivity contribution in [2.75, 3.05) is 0 Å². The molecule has 82 valence electrons. The Morgan fingerprint density at radius 1 is 1.29 bits per heavy atom. The minimum atomic E-state index is -0.0534. The van der Waals surface area contributed by atoms with E-state index in [-0.39, 0.29) is 11.7 Å². The largest absolute Gasteiger partial charge is 0.393 e. The van der Waals surface area contributed by atoms with Gasteiger partial charge in [-0.05, 0) is 51.9 Å². The lowest BCUT2D eigenvalue weighted by molar-refractivity contribution is -0.0316. The van der Waals surface area contributed by atoms with E-state index in [1.165, 1.54) is 25.7 Å². The molecule has 3 atom stereocenters. The molecule has 0 bridgehead atoms. The van der Waals surface area contributed by atoms with Gasteiger partial charge in [-0.3, -0.25) is 0 Å². The third-order valence-corrected chi connectivity index (χ3v) is 3.74. The van der Waals surface area contributed by atoms with Crippen LogP contribution in [0.4, 0.5) is 0 Å². The number of rotatable bonds is 2. The van der Waals surface area contributed by atoms with Gasteiger partial charge in [-0.1, -0.05) is 6.42 Å². The van der Waals surface area contributed by atoms with E-state index in [1.54, 1.807) is 0 Å².